The highest BCUT2D eigenvalue weighted by Gasteiger charge is 2.35. The van der Waals surface area contributed by atoms with Crippen molar-refractivity contribution in [3.63, 3.8) is 0 Å². The van der Waals surface area contributed by atoms with Crippen molar-refractivity contribution in [3.8, 4) is 0 Å². The van der Waals surface area contributed by atoms with Crippen LogP contribution in [-0.4, -0.2) is 36.2 Å². The first-order chi connectivity index (χ1) is 7.65. The van der Waals surface area contributed by atoms with Gasteiger partial charge in [0.05, 0.1) is 11.1 Å². The Labute approximate surface area is 92.0 Å². The second kappa shape index (κ2) is 3.77. The molecule has 0 unspecified atom stereocenters. The van der Waals surface area contributed by atoms with Crippen LogP contribution in [0.2, 0.25) is 0 Å². The summed E-state index contributed by atoms with van der Waals surface area (Å²) in [6, 6.07) is 6.54. The van der Waals surface area contributed by atoms with Crippen LogP contribution in [0.3, 0.4) is 0 Å². The lowest BCUT2D eigenvalue weighted by Crippen LogP contribution is -2.39. The number of rotatable bonds is 2. The van der Waals surface area contributed by atoms with Crippen molar-refractivity contribution in [2.75, 3.05) is 13.6 Å². The van der Waals surface area contributed by atoms with Crippen LogP contribution in [0, 0.1) is 0 Å². The molecule has 1 heterocycles. The molecular weight excluding hydrogens is 208 g/mol. The Kier molecular flexibility index (Phi) is 2.44. The highest BCUT2D eigenvalue weighted by Crippen LogP contribution is 2.21. The van der Waals surface area contributed by atoms with Gasteiger partial charge in [-0.15, -0.1) is 0 Å². The Morgan fingerprint density at radius 1 is 1.19 bits per heavy atom. The van der Waals surface area contributed by atoms with Crippen molar-refractivity contribution in [2.24, 2.45) is 0 Å². The predicted octanol–water partition coefficient (Wildman–Crippen LogP) is 0.0286. The van der Waals surface area contributed by atoms with E-state index in [9.17, 15) is 14.4 Å². The van der Waals surface area contributed by atoms with E-state index in [-0.39, 0.29) is 12.5 Å². The van der Waals surface area contributed by atoms with Gasteiger partial charge in [-0.05, 0) is 12.1 Å². The smallest absolute Gasteiger partial charge is 0.262 e. The Bertz CT molecular complexity index is 447. The second-order valence-electron chi connectivity index (χ2n) is 3.42. The van der Waals surface area contributed by atoms with Gasteiger partial charge in [-0.3, -0.25) is 19.3 Å². The molecule has 0 radical (unpaired) electrons. The van der Waals surface area contributed by atoms with Gasteiger partial charge in [0.2, 0.25) is 5.91 Å². The van der Waals surface area contributed by atoms with E-state index >= 15 is 0 Å². The first kappa shape index (κ1) is 10.4. The second-order valence-corrected chi connectivity index (χ2v) is 3.42. The summed E-state index contributed by atoms with van der Waals surface area (Å²) in [5.74, 6) is -1.19. The molecule has 1 aromatic carbocycles. The average molecular weight is 218 g/mol. The molecule has 1 N–H and O–H groups in total. The molecule has 0 atom stereocenters. The zero-order valence-corrected chi connectivity index (χ0v) is 8.69. The molecule has 0 aliphatic carbocycles. The summed E-state index contributed by atoms with van der Waals surface area (Å²) < 4.78 is 0. The van der Waals surface area contributed by atoms with Gasteiger partial charge in [-0.25, -0.2) is 0 Å². The van der Waals surface area contributed by atoms with Gasteiger partial charge in [-0.1, -0.05) is 12.1 Å². The number of hydrogen-bond donors (Lipinski definition) is 1. The summed E-state index contributed by atoms with van der Waals surface area (Å²) in [7, 11) is 1.46. The Hall–Kier alpha value is -2.17. The number of fused-ring (bicyclic) bond motifs is 1. The third kappa shape index (κ3) is 1.46. The molecule has 0 saturated heterocycles. The molecule has 2 rings (SSSR count). The molecule has 0 spiro atoms. The standard InChI is InChI=1S/C11H10N2O3/c1-12-9(14)6-13-10(15)7-4-2-3-5-8(7)11(13)16/h2-5H,6H2,1H3,(H,12,14). The van der Waals surface area contributed by atoms with Gasteiger partial charge in [0.15, 0.2) is 0 Å². The average Bonchev–Trinajstić information content (AvgIpc) is 2.55. The summed E-state index contributed by atoms with van der Waals surface area (Å²) in [5, 5.41) is 2.37. The fourth-order valence-corrected chi connectivity index (χ4v) is 1.61. The van der Waals surface area contributed by atoms with Gasteiger partial charge in [0.25, 0.3) is 11.8 Å². The number of amides is 3. The maximum atomic E-state index is 11.8. The summed E-state index contributed by atoms with van der Waals surface area (Å²) >= 11 is 0. The van der Waals surface area contributed by atoms with Crippen LogP contribution in [0.1, 0.15) is 20.7 Å². The highest BCUT2D eigenvalue weighted by molar-refractivity contribution is 6.22. The van der Waals surface area contributed by atoms with Crippen LogP contribution >= 0.6 is 0 Å². The van der Waals surface area contributed by atoms with Gasteiger partial charge >= 0.3 is 0 Å². The van der Waals surface area contributed by atoms with Crippen LogP contribution in [0.15, 0.2) is 24.3 Å². The zero-order valence-electron chi connectivity index (χ0n) is 8.69. The third-order valence-corrected chi connectivity index (χ3v) is 2.46. The van der Waals surface area contributed by atoms with Crippen LogP contribution in [0.5, 0.6) is 0 Å². The van der Waals surface area contributed by atoms with Crippen molar-refractivity contribution in [2.45, 2.75) is 0 Å². The quantitative estimate of drug-likeness (QED) is 0.712. The minimum Gasteiger partial charge on any atom is -0.358 e. The molecule has 3 amide bonds. The number of nitrogens with one attached hydrogen (secondary N) is 1. The minimum absolute atomic E-state index is 0.233. The highest BCUT2D eigenvalue weighted by atomic mass is 16.2. The van der Waals surface area contributed by atoms with Crippen molar-refractivity contribution < 1.29 is 14.4 Å². The van der Waals surface area contributed by atoms with Crippen LogP contribution in [-0.2, 0) is 4.79 Å². The first-order valence-electron chi connectivity index (χ1n) is 4.81. The first-order valence-corrected chi connectivity index (χ1v) is 4.81. The van der Waals surface area contributed by atoms with E-state index < -0.39 is 11.8 Å². The lowest BCUT2D eigenvalue weighted by Gasteiger charge is -2.11. The zero-order chi connectivity index (χ0) is 11.7. The fraction of sp³-hybridized carbons (Fsp3) is 0.182. The molecule has 0 fully saturated rings. The lowest BCUT2D eigenvalue weighted by atomic mass is 10.1. The van der Waals surface area contributed by atoms with Gasteiger partial charge < -0.3 is 5.32 Å². The third-order valence-electron chi connectivity index (χ3n) is 2.46. The van der Waals surface area contributed by atoms with E-state index in [0.717, 1.165) is 4.90 Å². The molecule has 0 aromatic heterocycles. The predicted molar refractivity (Wildman–Crippen MR) is 55.9 cm³/mol. The van der Waals surface area contributed by atoms with E-state index in [1.807, 2.05) is 0 Å². The maximum Gasteiger partial charge on any atom is 0.262 e. The van der Waals surface area contributed by atoms with Gasteiger partial charge in [0.1, 0.15) is 6.54 Å². The molecule has 5 heteroatoms. The number of carbonyl (C=O) groups excluding carboxylic acids is 3. The van der Waals surface area contributed by atoms with E-state index in [0.29, 0.717) is 11.1 Å². The monoisotopic (exact) mass is 218 g/mol. The molecule has 5 nitrogen and oxygen atoms in total. The Morgan fingerprint density at radius 3 is 2.12 bits per heavy atom. The largest absolute Gasteiger partial charge is 0.358 e. The molecule has 1 aliphatic rings. The summed E-state index contributed by atoms with van der Waals surface area (Å²) in [5.41, 5.74) is 0.716. The van der Waals surface area contributed by atoms with E-state index in [2.05, 4.69) is 5.32 Å². The van der Waals surface area contributed by atoms with Crippen LogP contribution < -0.4 is 5.32 Å². The van der Waals surface area contributed by atoms with E-state index in [1.165, 1.54) is 7.05 Å². The van der Waals surface area contributed by atoms with Crippen molar-refractivity contribution in [1.82, 2.24) is 10.2 Å². The molecular formula is C11H10N2O3. The number of hydrogen-bond acceptors (Lipinski definition) is 3. The number of likely N-dealkylation sites (N-methyl/N-ethyl adjacent to an activating group) is 1. The summed E-state index contributed by atoms with van der Waals surface area (Å²) in [6.45, 7) is -0.233. The Balaban J connectivity index is 2.32. The van der Waals surface area contributed by atoms with Gasteiger partial charge in [0, 0.05) is 7.05 Å². The molecule has 1 aliphatic heterocycles. The normalized spacial score (nSPS) is 13.9. The number of carbonyl (C=O) groups is 3. The topological polar surface area (TPSA) is 66.5 Å². The minimum atomic E-state index is -0.413. The lowest BCUT2D eigenvalue weighted by molar-refractivity contribution is -0.120. The molecule has 82 valence electrons. The maximum absolute atomic E-state index is 11.8. The summed E-state index contributed by atoms with van der Waals surface area (Å²) in [6.07, 6.45) is 0. The van der Waals surface area contributed by atoms with Crippen molar-refractivity contribution >= 4 is 17.7 Å². The van der Waals surface area contributed by atoms with E-state index in [1.54, 1.807) is 24.3 Å². The summed E-state index contributed by atoms with van der Waals surface area (Å²) in [4.78, 5) is 35.7. The molecule has 16 heavy (non-hydrogen) atoms. The number of benzene rings is 1. The molecule has 0 saturated carbocycles. The van der Waals surface area contributed by atoms with Crippen molar-refractivity contribution in [3.05, 3.63) is 35.4 Å². The van der Waals surface area contributed by atoms with Crippen LogP contribution in [0.4, 0.5) is 0 Å². The van der Waals surface area contributed by atoms with Crippen molar-refractivity contribution in [1.29, 1.82) is 0 Å². The van der Waals surface area contributed by atoms with Gasteiger partial charge in [-0.2, -0.15) is 0 Å². The van der Waals surface area contributed by atoms with E-state index in [4.69, 9.17) is 0 Å². The molecule has 1 aromatic rings. The molecule has 0 bridgehead atoms. The van der Waals surface area contributed by atoms with Crippen LogP contribution in [0.25, 0.3) is 0 Å². The Morgan fingerprint density at radius 2 is 1.69 bits per heavy atom. The number of imide groups is 1. The SMILES string of the molecule is CNC(=O)CN1C(=O)c2ccccc2C1=O. The number of nitrogens with zero attached hydrogens (tertiary/aromatic N) is 1. The fourth-order valence-electron chi connectivity index (χ4n) is 1.61.